The molecule has 0 heterocycles. The Kier molecular flexibility index (Phi) is 6.47. The highest BCUT2D eigenvalue weighted by Crippen LogP contribution is 2.44. The van der Waals surface area contributed by atoms with Gasteiger partial charge in [0.1, 0.15) is 5.82 Å². The molecule has 0 radical (unpaired) electrons. The number of nitrogens with two attached hydrogens (primary N) is 1. The van der Waals surface area contributed by atoms with E-state index >= 15 is 0 Å². The molecule has 122 valence electrons. The number of hydrogen-bond donors (Lipinski definition) is 2. The van der Waals surface area contributed by atoms with Crippen LogP contribution in [-0.2, 0) is 0 Å². The smallest absolute Gasteiger partial charge is 0.189 e. The highest BCUT2D eigenvalue weighted by molar-refractivity contribution is 14.0. The van der Waals surface area contributed by atoms with Crippen molar-refractivity contribution >= 4 is 29.9 Å². The van der Waals surface area contributed by atoms with Gasteiger partial charge in [-0.2, -0.15) is 0 Å². The van der Waals surface area contributed by atoms with Gasteiger partial charge in [-0.3, -0.25) is 0 Å². The molecule has 2 unspecified atom stereocenters. The molecule has 0 aliphatic heterocycles. The fourth-order valence-corrected chi connectivity index (χ4v) is 3.28. The van der Waals surface area contributed by atoms with Crippen LogP contribution in [0.1, 0.15) is 56.4 Å². The third-order valence-corrected chi connectivity index (χ3v) is 4.57. The Morgan fingerprint density at radius 3 is 2.50 bits per heavy atom. The van der Waals surface area contributed by atoms with Crippen LogP contribution in [0.25, 0.3) is 0 Å². The summed E-state index contributed by atoms with van der Waals surface area (Å²) in [6.07, 6.45) is 8.45. The highest BCUT2D eigenvalue weighted by atomic mass is 127. The molecule has 2 saturated carbocycles. The fourth-order valence-electron chi connectivity index (χ4n) is 3.28. The van der Waals surface area contributed by atoms with Crippen LogP contribution >= 0.6 is 24.0 Å². The number of nitrogens with zero attached hydrogens (tertiary/aromatic N) is 1. The van der Waals surface area contributed by atoms with Gasteiger partial charge in [0.25, 0.3) is 0 Å². The minimum absolute atomic E-state index is 0. The number of hydrogen-bond acceptors (Lipinski definition) is 1. The molecule has 1 aromatic rings. The molecule has 0 spiro atoms. The summed E-state index contributed by atoms with van der Waals surface area (Å²) >= 11 is 0. The molecule has 0 bridgehead atoms. The molecule has 22 heavy (non-hydrogen) atoms. The zero-order valence-corrected chi connectivity index (χ0v) is 15.1. The van der Waals surface area contributed by atoms with Crippen LogP contribution in [0.15, 0.2) is 29.3 Å². The first-order valence-corrected chi connectivity index (χ1v) is 8.08. The third-order valence-electron chi connectivity index (χ3n) is 4.57. The van der Waals surface area contributed by atoms with Crippen molar-refractivity contribution in [3.63, 3.8) is 0 Å². The van der Waals surface area contributed by atoms with Crippen LogP contribution in [0.2, 0.25) is 0 Å². The minimum Gasteiger partial charge on any atom is -0.370 e. The van der Waals surface area contributed by atoms with Crippen molar-refractivity contribution in [1.82, 2.24) is 5.32 Å². The van der Waals surface area contributed by atoms with E-state index in [1.54, 1.807) is 6.07 Å². The molecule has 3 nitrogen and oxygen atoms in total. The van der Waals surface area contributed by atoms with Gasteiger partial charge in [0.05, 0.1) is 6.04 Å². The van der Waals surface area contributed by atoms with Crippen molar-refractivity contribution in [2.45, 2.75) is 62.9 Å². The molecule has 0 saturated heterocycles. The second-order valence-electron chi connectivity index (χ2n) is 6.28. The largest absolute Gasteiger partial charge is 0.370 e. The summed E-state index contributed by atoms with van der Waals surface area (Å²) in [6.45, 7) is 0. The third kappa shape index (κ3) is 4.57. The first kappa shape index (κ1) is 17.5. The lowest BCUT2D eigenvalue weighted by atomic mass is 10.1. The summed E-state index contributed by atoms with van der Waals surface area (Å²) in [5.41, 5.74) is 6.79. The second kappa shape index (κ2) is 8.13. The SMILES string of the molecule is I.NC(=NC1CC1c1ccccc1F)NC1CCCCCC1. The van der Waals surface area contributed by atoms with Gasteiger partial charge in [-0.15, -0.1) is 24.0 Å². The number of guanidine groups is 1. The lowest BCUT2D eigenvalue weighted by Crippen LogP contribution is -2.40. The van der Waals surface area contributed by atoms with Crippen LogP contribution < -0.4 is 11.1 Å². The summed E-state index contributed by atoms with van der Waals surface area (Å²) in [6, 6.07) is 7.57. The average Bonchev–Trinajstić information content (AvgIpc) is 3.24. The van der Waals surface area contributed by atoms with Gasteiger partial charge in [0.15, 0.2) is 5.96 Å². The molecule has 0 aromatic heterocycles. The standard InChI is InChI=1S/C17H24FN3.HI/c18-15-10-6-5-9-13(15)14-11-16(14)21-17(19)20-12-7-3-1-2-4-8-12;/h5-6,9-10,12,14,16H,1-4,7-8,11H2,(H3,19,20,21);1H. The van der Waals surface area contributed by atoms with Gasteiger partial charge >= 0.3 is 0 Å². The Labute approximate surface area is 149 Å². The quantitative estimate of drug-likeness (QED) is 0.339. The van der Waals surface area contributed by atoms with E-state index in [1.165, 1.54) is 44.6 Å². The predicted molar refractivity (Wildman–Crippen MR) is 99.2 cm³/mol. The first-order valence-electron chi connectivity index (χ1n) is 8.08. The molecular formula is C17H25FIN3. The van der Waals surface area contributed by atoms with E-state index in [1.807, 2.05) is 12.1 Å². The normalized spacial score (nSPS) is 26.0. The number of aliphatic imine (C=N–C) groups is 1. The number of benzene rings is 1. The molecule has 3 N–H and O–H groups in total. The van der Waals surface area contributed by atoms with Gasteiger partial charge in [0.2, 0.25) is 0 Å². The maximum atomic E-state index is 13.7. The second-order valence-corrected chi connectivity index (χ2v) is 6.28. The minimum atomic E-state index is -0.129. The van der Waals surface area contributed by atoms with Gasteiger partial charge in [-0.05, 0) is 30.9 Å². The zero-order valence-electron chi connectivity index (χ0n) is 12.8. The monoisotopic (exact) mass is 417 g/mol. The molecule has 5 heteroatoms. The molecule has 2 aliphatic rings. The van der Waals surface area contributed by atoms with E-state index < -0.39 is 0 Å². The molecule has 0 amide bonds. The van der Waals surface area contributed by atoms with Crippen LogP contribution in [0, 0.1) is 5.82 Å². The van der Waals surface area contributed by atoms with E-state index in [2.05, 4.69) is 10.3 Å². The Morgan fingerprint density at radius 2 is 1.82 bits per heavy atom. The summed E-state index contributed by atoms with van der Waals surface area (Å²) in [5.74, 6) is 0.599. The van der Waals surface area contributed by atoms with Crippen molar-refractivity contribution in [1.29, 1.82) is 0 Å². The highest BCUT2D eigenvalue weighted by Gasteiger charge is 2.40. The lowest BCUT2D eigenvalue weighted by Gasteiger charge is -2.16. The number of rotatable bonds is 3. The molecular weight excluding hydrogens is 392 g/mol. The summed E-state index contributed by atoms with van der Waals surface area (Å²) in [7, 11) is 0. The van der Waals surface area contributed by atoms with Crippen LogP contribution in [0.3, 0.4) is 0 Å². The summed E-state index contributed by atoms with van der Waals surface area (Å²) < 4.78 is 13.7. The van der Waals surface area contributed by atoms with Crippen molar-refractivity contribution in [2.75, 3.05) is 0 Å². The maximum Gasteiger partial charge on any atom is 0.189 e. The Hall–Kier alpha value is -0.850. The van der Waals surface area contributed by atoms with Crippen LogP contribution in [-0.4, -0.2) is 18.0 Å². The van der Waals surface area contributed by atoms with Crippen LogP contribution in [0.5, 0.6) is 0 Å². The van der Waals surface area contributed by atoms with Gasteiger partial charge < -0.3 is 11.1 Å². The molecule has 3 rings (SSSR count). The van der Waals surface area contributed by atoms with E-state index in [0.29, 0.717) is 12.0 Å². The van der Waals surface area contributed by atoms with Gasteiger partial charge in [0, 0.05) is 12.0 Å². The van der Waals surface area contributed by atoms with E-state index in [0.717, 1.165) is 12.0 Å². The molecule has 2 atom stereocenters. The summed E-state index contributed by atoms with van der Waals surface area (Å²) in [5, 5.41) is 3.35. The van der Waals surface area contributed by atoms with Crippen molar-refractivity contribution < 1.29 is 4.39 Å². The van der Waals surface area contributed by atoms with Crippen molar-refractivity contribution in [3.8, 4) is 0 Å². The molecule has 1 aromatic carbocycles. The Bertz CT molecular complexity index is 512. The number of nitrogens with one attached hydrogen (secondary N) is 1. The van der Waals surface area contributed by atoms with Crippen molar-refractivity contribution in [3.05, 3.63) is 35.6 Å². The number of halogens is 2. The maximum absolute atomic E-state index is 13.7. The zero-order chi connectivity index (χ0) is 14.7. The van der Waals surface area contributed by atoms with Gasteiger partial charge in [-0.1, -0.05) is 43.9 Å². The van der Waals surface area contributed by atoms with E-state index in [4.69, 9.17) is 5.73 Å². The van der Waals surface area contributed by atoms with Crippen molar-refractivity contribution in [2.24, 2.45) is 10.7 Å². The Balaban J connectivity index is 0.00000176. The molecule has 2 aliphatic carbocycles. The Morgan fingerprint density at radius 1 is 1.14 bits per heavy atom. The van der Waals surface area contributed by atoms with Gasteiger partial charge in [-0.25, -0.2) is 9.38 Å². The topological polar surface area (TPSA) is 50.4 Å². The average molecular weight is 417 g/mol. The van der Waals surface area contributed by atoms with Crippen LogP contribution in [0.4, 0.5) is 4.39 Å². The first-order chi connectivity index (χ1) is 10.2. The fraction of sp³-hybridized carbons (Fsp3) is 0.588. The predicted octanol–water partition coefficient (Wildman–Crippen LogP) is 3.93. The lowest BCUT2D eigenvalue weighted by molar-refractivity contribution is 0.530. The molecule has 2 fully saturated rings. The van der Waals surface area contributed by atoms with E-state index in [9.17, 15) is 4.39 Å². The summed E-state index contributed by atoms with van der Waals surface area (Å²) in [4.78, 5) is 4.53. The van der Waals surface area contributed by atoms with E-state index in [-0.39, 0.29) is 41.8 Å².